The van der Waals surface area contributed by atoms with Crippen molar-refractivity contribution >= 4 is 18.2 Å². The van der Waals surface area contributed by atoms with Gasteiger partial charge in [0.1, 0.15) is 0 Å². The van der Waals surface area contributed by atoms with E-state index in [1.807, 2.05) is 0 Å². The molecule has 19 heavy (non-hydrogen) atoms. The highest BCUT2D eigenvalue weighted by Crippen LogP contribution is 2.24. The Kier molecular flexibility index (Phi) is 3.88. The number of rotatable bonds is 3. The van der Waals surface area contributed by atoms with Crippen molar-refractivity contribution in [3.05, 3.63) is 4.77 Å². The number of aromatic amines is 1. The molecule has 5 nitrogen and oxygen atoms in total. The van der Waals surface area contributed by atoms with Gasteiger partial charge in [0.2, 0.25) is 5.95 Å². The van der Waals surface area contributed by atoms with Crippen molar-refractivity contribution in [1.82, 2.24) is 19.7 Å². The van der Waals surface area contributed by atoms with Gasteiger partial charge in [0.25, 0.3) is 0 Å². The molecule has 1 aromatic heterocycles. The summed E-state index contributed by atoms with van der Waals surface area (Å²) >= 11 is 5.33. The Morgan fingerprint density at radius 2 is 2.21 bits per heavy atom. The van der Waals surface area contributed by atoms with Crippen molar-refractivity contribution in [3.63, 3.8) is 0 Å². The number of nitrogens with zero attached hydrogens (tertiary/aromatic N) is 4. The maximum atomic E-state index is 5.33. The second-order valence-corrected chi connectivity index (χ2v) is 6.00. The minimum absolute atomic E-state index is 0.711. The first-order chi connectivity index (χ1) is 9.29. The number of anilines is 1. The van der Waals surface area contributed by atoms with Crippen LogP contribution in [0.3, 0.4) is 0 Å². The van der Waals surface area contributed by atoms with Crippen LogP contribution in [-0.2, 0) is 6.54 Å². The number of aromatic nitrogens is 3. The number of fused-ring (bicyclic) bond motifs is 1. The monoisotopic (exact) mass is 281 g/mol. The fraction of sp³-hybridized carbons (Fsp3) is 0.846. The number of piperidine rings is 1. The van der Waals surface area contributed by atoms with E-state index in [4.69, 9.17) is 12.2 Å². The molecule has 1 N–H and O–H groups in total. The van der Waals surface area contributed by atoms with Gasteiger partial charge in [-0.2, -0.15) is 0 Å². The minimum atomic E-state index is 0.711. The van der Waals surface area contributed by atoms with E-state index in [0.717, 1.165) is 43.3 Å². The molecule has 3 heterocycles. The van der Waals surface area contributed by atoms with E-state index < -0.39 is 0 Å². The first-order valence-electron chi connectivity index (χ1n) is 7.44. The van der Waals surface area contributed by atoms with Gasteiger partial charge in [-0.3, -0.25) is 9.47 Å². The molecule has 0 amide bonds. The minimum Gasteiger partial charge on any atom is -0.338 e. The Balaban J connectivity index is 1.77. The van der Waals surface area contributed by atoms with Gasteiger partial charge in [0.05, 0.1) is 0 Å². The highest BCUT2D eigenvalue weighted by atomic mass is 32.1. The second-order valence-electron chi connectivity index (χ2n) is 5.61. The van der Waals surface area contributed by atoms with E-state index in [9.17, 15) is 0 Å². The largest absolute Gasteiger partial charge is 0.338 e. The first kappa shape index (κ1) is 13.1. The smallest absolute Gasteiger partial charge is 0.225 e. The fourth-order valence-electron chi connectivity index (χ4n) is 3.31. The van der Waals surface area contributed by atoms with Crippen molar-refractivity contribution in [1.29, 1.82) is 0 Å². The van der Waals surface area contributed by atoms with Crippen LogP contribution >= 0.6 is 12.2 Å². The van der Waals surface area contributed by atoms with Gasteiger partial charge < -0.3 is 4.90 Å². The van der Waals surface area contributed by atoms with Crippen molar-refractivity contribution in [2.24, 2.45) is 0 Å². The van der Waals surface area contributed by atoms with Crippen LogP contribution in [-0.4, -0.2) is 51.9 Å². The van der Waals surface area contributed by atoms with Crippen LogP contribution in [0.2, 0.25) is 0 Å². The molecule has 2 aliphatic heterocycles. The molecular weight excluding hydrogens is 258 g/mol. The molecule has 1 aromatic rings. The Hall–Kier alpha value is -0.880. The van der Waals surface area contributed by atoms with Crippen LogP contribution in [0.15, 0.2) is 0 Å². The third-order valence-corrected chi connectivity index (χ3v) is 4.62. The topological polar surface area (TPSA) is 40.1 Å². The predicted molar refractivity (Wildman–Crippen MR) is 79.1 cm³/mol. The average molecular weight is 281 g/mol. The molecule has 6 heteroatoms. The quantitative estimate of drug-likeness (QED) is 0.861. The molecule has 2 fully saturated rings. The Labute approximate surface area is 119 Å². The van der Waals surface area contributed by atoms with Crippen LogP contribution in [0.25, 0.3) is 0 Å². The molecular formula is C13H23N5S. The lowest BCUT2D eigenvalue weighted by Crippen LogP contribution is -2.55. The van der Waals surface area contributed by atoms with Gasteiger partial charge in [-0.1, -0.05) is 13.3 Å². The van der Waals surface area contributed by atoms with Crippen LogP contribution in [0, 0.1) is 4.77 Å². The van der Waals surface area contributed by atoms with E-state index in [0.29, 0.717) is 6.04 Å². The normalized spacial score (nSPS) is 24.5. The lowest BCUT2D eigenvalue weighted by molar-refractivity contribution is 0.132. The van der Waals surface area contributed by atoms with Crippen molar-refractivity contribution in [3.8, 4) is 0 Å². The average Bonchev–Trinajstić information content (AvgIpc) is 2.80. The second kappa shape index (κ2) is 5.63. The van der Waals surface area contributed by atoms with E-state index in [-0.39, 0.29) is 0 Å². The van der Waals surface area contributed by atoms with Crippen molar-refractivity contribution < 1.29 is 0 Å². The van der Waals surface area contributed by atoms with Crippen molar-refractivity contribution in [2.75, 3.05) is 31.1 Å². The molecule has 0 radical (unpaired) electrons. The Morgan fingerprint density at radius 3 is 3.05 bits per heavy atom. The number of H-pyrrole nitrogens is 1. The summed E-state index contributed by atoms with van der Waals surface area (Å²) in [5.41, 5.74) is 0. The van der Waals surface area contributed by atoms with Gasteiger partial charge in [0, 0.05) is 32.2 Å². The molecule has 1 atom stereocenters. The zero-order chi connectivity index (χ0) is 13.2. The van der Waals surface area contributed by atoms with Crippen LogP contribution in [0.1, 0.15) is 32.6 Å². The highest BCUT2D eigenvalue weighted by molar-refractivity contribution is 7.71. The third kappa shape index (κ3) is 2.56. The van der Waals surface area contributed by atoms with Crippen LogP contribution < -0.4 is 4.90 Å². The number of nitrogens with one attached hydrogen (secondary N) is 1. The summed E-state index contributed by atoms with van der Waals surface area (Å²) in [7, 11) is 0. The number of piperazine rings is 1. The third-order valence-electron chi connectivity index (χ3n) is 4.31. The van der Waals surface area contributed by atoms with Gasteiger partial charge >= 0.3 is 0 Å². The van der Waals surface area contributed by atoms with Crippen LogP contribution in [0.4, 0.5) is 5.95 Å². The molecule has 2 saturated heterocycles. The highest BCUT2D eigenvalue weighted by Gasteiger charge is 2.30. The van der Waals surface area contributed by atoms with E-state index in [2.05, 4.69) is 31.5 Å². The zero-order valence-corrected chi connectivity index (χ0v) is 12.5. The molecule has 0 aromatic carbocycles. The zero-order valence-electron chi connectivity index (χ0n) is 11.6. The summed E-state index contributed by atoms with van der Waals surface area (Å²) in [5.74, 6) is 1.04. The Bertz CT molecular complexity index is 480. The van der Waals surface area contributed by atoms with Gasteiger partial charge in [0.15, 0.2) is 4.77 Å². The van der Waals surface area contributed by atoms with E-state index in [1.54, 1.807) is 0 Å². The molecule has 106 valence electrons. The number of hydrogen-bond donors (Lipinski definition) is 1. The summed E-state index contributed by atoms with van der Waals surface area (Å²) in [5, 5.41) is 7.40. The van der Waals surface area contributed by atoms with Crippen LogP contribution in [0.5, 0.6) is 0 Å². The van der Waals surface area contributed by atoms with E-state index in [1.165, 1.54) is 25.8 Å². The standard InChI is InChI=1S/C13H23N5S/c1-2-6-18-12(14-15-13(18)19)17-9-8-16-7-4-3-5-11(16)10-17/h11H,2-10H2,1H3,(H,15,19). The molecule has 0 bridgehead atoms. The lowest BCUT2D eigenvalue weighted by Gasteiger charge is -2.44. The van der Waals surface area contributed by atoms with Gasteiger partial charge in [-0.05, 0) is 38.0 Å². The van der Waals surface area contributed by atoms with Crippen molar-refractivity contribution in [2.45, 2.75) is 45.2 Å². The summed E-state index contributed by atoms with van der Waals surface area (Å²) in [4.78, 5) is 5.06. The van der Waals surface area contributed by atoms with E-state index >= 15 is 0 Å². The van der Waals surface area contributed by atoms with Gasteiger partial charge in [-0.25, -0.2) is 5.10 Å². The maximum Gasteiger partial charge on any atom is 0.225 e. The summed E-state index contributed by atoms with van der Waals surface area (Å²) < 4.78 is 2.90. The predicted octanol–water partition coefficient (Wildman–Crippen LogP) is 2.03. The first-order valence-corrected chi connectivity index (χ1v) is 7.84. The lowest BCUT2D eigenvalue weighted by atomic mass is 10.00. The van der Waals surface area contributed by atoms with Gasteiger partial charge in [-0.15, -0.1) is 5.10 Å². The molecule has 3 rings (SSSR count). The summed E-state index contributed by atoms with van der Waals surface area (Å²) in [6, 6.07) is 0.711. The molecule has 0 aliphatic carbocycles. The number of hydrogen-bond acceptors (Lipinski definition) is 4. The summed E-state index contributed by atoms with van der Waals surface area (Å²) in [6.07, 6.45) is 5.15. The summed E-state index contributed by atoms with van der Waals surface area (Å²) in [6.45, 7) is 7.74. The Morgan fingerprint density at radius 1 is 1.32 bits per heavy atom. The molecule has 1 unspecified atom stereocenters. The maximum absolute atomic E-state index is 5.33. The fourth-order valence-corrected chi connectivity index (χ4v) is 3.53. The molecule has 2 aliphatic rings. The molecule has 0 saturated carbocycles. The molecule has 0 spiro atoms. The SMILES string of the molecule is CCCn1c(N2CCN3CCCCC3C2)n[nH]c1=S.